The fourth-order valence-electron chi connectivity index (χ4n) is 3.24. The lowest BCUT2D eigenvalue weighted by atomic mass is 10.1. The highest BCUT2D eigenvalue weighted by Gasteiger charge is 2.49. The molecule has 0 bridgehead atoms. The zero-order valence-electron chi connectivity index (χ0n) is 11.2. The Labute approximate surface area is 122 Å². The van der Waals surface area contributed by atoms with E-state index in [1.807, 2.05) is 42.5 Å². The fourth-order valence-corrected chi connectivity index (χ4v) is 5.13. The summed E-state index contributed by atoms with van der Waals surface area (Å²) >= 11 is 0. The molecule has 2 aromatic carbocycles. The highest BCUT2D eigenvalue weighted by atomic mass is 32.2. The molecule has 2 fully saturated rings. The van der Waals surface area contributed by atoms with Crippen molar-refractivity contribution in [1.82, 2.24) is 5.32 Å². The fraction of sp³-hybridized carbons (Fsp3) is 0.267. The molecule has 4 rings (SSSR count). The third kappa shape index (κ3) is 1.98. The number of amides is 2. The molecular weight excluding hydrogens is 288 g/mol. The molecule has 0 saturated carbocycles. The SMILES string of the molecule is O=C1N[C@H]2CS(=O)(=O)C[C@H]2N1c1ccc2ccccc2c1. The molecule has 0 aliphatic carbocycles. The number of benzene rings is 2. The van der Waals surface area contributed by atoms with Crippen LogP contribution in [0.2, 0.25) is 0 Å². The zero-order valence-corrected chi connectivity index (χ0v) is 12.0. The van der Waals surface area contributed by atoms with Crippen LogP contribution >= 0.6 is 0 Å². The Kier molecular flexibility index (Phi) is 2.53. The Morgan fingerprint density at radius 1 is 1.05 bits per heavy atom. The molecule has 108 valence electrons. The first kappa shape index (κ1) is 12.6. The summed E-state index contributed by atoms with van der Waals surface area (Å²) in [6, 6.07) is 12.8. The molecule has 2 aliphatic rings. The van der Waals surface area contributed by atoms with Crippen molar-refractivity contribution in [3.8, 4) is 0 Å². The van der Waals surface area contributed by atoms with E-state index in [0.29, 0.717) is 0 Å². The average Bonchev–Trinajstić information content (AvgIpc) is 2.88. The number of carbonyl (C=O) groups is 1. The smallest absolute Gasteiger partial charge is 0.322 e. The molecule has 6 heteroatoms. The van der Waals surface area contributed by atoms with Crippen LogP contribution in [0.15, 0.2) is 42.5 Å². The van der Waals surface area contributed by atoms with Crippen LogP contribution in [0.1, 0.15) is 0 Å². The molecule has 2 heterocycles. The first-order valence-electron chi connectivity index (χ1n) is 6.82. The molecular formula is C15H14N2O3S. The minimum absolute atomic E-state index is 0.0310. The maximum absolute atomic E-state index is 12.2. The first-order valence-corrected chi connectivity index (χ1v) is 8.65. The van der Waals surface area contributed by atoms with Gasteiger partial charge in [-0.05, 0) is 22.9 Å². The van der Waals surface area contributed by atoms with E-state index in [4.69, 9.17) is 0 Å². The van der Waals surface area contributed by atoms with E-state index in [1.54, 1.807) is 4.90 Å². The van der Waals surface area contributed by atoms with Crippen molar-refractivity contribution in [3.63, 3.8) is 0 Å². The molecule has 2 amide bonds. The van der Waals surface area contributed by atoms with Crippen LogP contribution in [0.3, 0.4) is 0 Å². The standard InChI is InChI=1S/C15H14N2O3S/c18-15-16-13-8-21(19,20)9-14(13)17(15)12-6-5-10-3-1-2-4-11(10)7-12/h1-7,13-14H,8-9H2,(H,16,18)/t13-,14+/m0/s1. The largest absolute Gasteiger partial charge is 0.332 e. The number of hydrogen-bond donors (Lipinski definition) is 1. The van der Waals surface area contributed by atoms with Crippen molar-refractivity contribution in [1.29, 1.82) is 0 Å². The summed E-state index contributed by atoms with van der Waals surface area (Å²) in [5.41, 5.74) is 0.746. The maximum atomic E-state index is 12.2. The monoisotopic (exact) mass is 302 g/mol. The predicted octanol–water partition coefficient (Wildman–Crippen LogP) is 1.53. The van der Waals surface area contributed by atoms with Gasteiger partial charge in [-0.25, -0.2) is 13.2 Å². The van der Waals surface area contributed by atoms with Crippen LogP contribution in [-0.4, -0.2) is 38.0 Å². The summed E-state index contributed by atoms with van der Waals surface area (Å²) < 4.78 is 23.5. The number of nitrogens with zero attached hydrogens (tertiary/aromatic N) is 1. The molecule has 2 atom stereocenters. The number of hydrogen-bond acceptors (Lipinski definition) is 3. The van der Waals surface area contributed by atoms with Crippen LogP contribution in [0, 0.1) is 0 Å². The molecule has 0 spiro atoms. The summed E-state index contributed by atoms with van der Waals surface area (Å²) in [5.74, 6) is 0.0662. The normalized spacial score (nSPS) is 26.9. The first-order chi connectivity index (χ1) is 10.0. The average molecular weight is 302 g/mol. The van der Waals surface area contributed by atoms with Crippen LogP contribution in [0.5, 0.6) is 0 Å². The van der Waals surface area contributed by atoms with Crippen molar-refractivity contribution in [2.24, 2.45) is 0 Å². The molecule has 0 unspecified atom stereocenters. The van der Waals surface area contributed by atoms with Crippen LogP contribution in [-0.2, 0) is 9.84 Å². The van der Waals surface area contributed by atoms with Gasteiger partial charge >= 0.3 is 6.03 Å². The number of fused-ring (bicyclic) bond motifs is 2. The minimum Gasteiger partial charge on any atom is -0.332 e. The Morgan fingerprint density at radius 3 is 2.62 bits per heavy atom. The van der Waals surface area contributed by atoms with E-state index >= 15 is 0 Å². The third-order valence-corrected chi connectivity index (χ3v) is 5.91. The number of sulfone groups is 1. The summed E-state index contributed by atoms with van der Waals surface area (Å²) in [4.78, 5) is 13.7. The van der Waals surface area contributed by atoms with Crippen molar-refractivity contribution in [2.45, 2.75) is 12.1 Å². The second-order valence-electron chi connectivity index (χ2n) is 5.60. The molecule has 0 aromatic heterocycles. The van der Waals surface area contributed by atoms with Gasteiger partial charge in [-0.1, -0.05) is 30.3 Å². The summed E-state index contributed by atoms with van der Waals surface area (Å²) in [5, 5.41) is 4.90. The van der Waals surface area contributed by atoms with E-state index in [0.717, 1.165) is 16.5 Å². The lowest BCUT2D eigenvalue weighted by Gasteiger charge is -2.21. The van der Waals surface area contributed by atoms with Crippen LogP contribution in [0.25, 0.3) is 10.8 Å². The number of rotatable bonds is 1. The second kappa shape index (κ2) is 4.21. The molecule has 21 heavy (non-hydrogen) atoms. The quantitative estimate of drug-likeness (QED) is 0.813. The van der Waals surface area contributed by atoms with Crippen molar-refractivity contribution < 1.29 is 13.2 Å². The highest BCUT2D eigenvalue weighted by Crippen LogP contribution is 2.31. The van der Waals surface area contributed by atoms with Gasteiger partial charge in [0.05, 0.1) is 23.6 Å². The second-order valence-corrected chi connectivity index (χ2v) is 7.76. The van der Waals surface area contributed by atoms with Gasteiger partial charge < -0.3 is 5.32 Å². The Bertz CT molecular complexity index is 847. The van der Waals surface area contributed by atoms with Crippen molar-refractivity contribution in [2.75, 3.05) is 16.4 Å². The maximum Gasteiger partial charge on any atom is 0.322 e. The van der Waals surface area contributed by atoms with E-state index in [2.05, 4.69) is 5.32 Å². The molecule has 0 radical (unpaired) electrons. The Hall–Kier alpha value is -2.08. The molecule has 2 aromatic rings. The van der Waals surface area contributed by atoms with E-state index in [1.165, 1.54) is 0 Å². The lowest BCUT2D eigenvalue weighted by Crippen LogP contribution is -2.36. The van der Waals surface area contributed by atoms with E-state index < -0.39 is 9.84 Å². The van der Waals surface area contributed by atoms with Crippen molar-refractivity contribution >= 4 is 32.3 Å². The minimum atomic E-state index is -3.07. The topological polar surface area (TPSA) is 66.5 Å². The van der Waals surface area contributed by atoms with Gasteiger partial charge in [0.25, 0.3) is 0 Å². The predicted molar refractivity (Wildman–Crippen MR) is 81.2 cm³/mol. The summed E-state index contributed by atoms with van der Waals surface area (Å²) in [7, 11) is -3.07. The van der Waals surface area contributed by atoms with Crippen LogP contribution < -0.4 is 10.2 Å². The van der Waals surface area contributed by atoms with Gasteiger partial charge in [0.1, 0.15) is 0 Å². The zero-order chi connectivity index (χ0) is 14.6. The third-order valence-electron chi connectivity index (χ3n) is 4.19. The Morgan fingerprint density at radius 2 is 1.81 bits per heavy atom. The van der Waals surface area contributed by atoms with Gasteiger partial charge in [-0.3, -0.25) is 4.90 Å². The number of urea groups is 1. The molecule has 2 saturated heterocycles. The van der Waals surface area contributed by atoms with Gasteiger partial charge in [-0.2, -0.15) is 0 Å². The molecule has 1 N–H and O–H groups in total. The Balaban J connectivity index is 1.78. The summed E-state index contributed by atoms with van der Waals surface area (Å²) in [6.45, 7) is 0. The van der Waals surface area contributed by atoms with Crippen LogP contribution in [0.4, 0.5) is 10.5 Å². The lowest BCUT2D eigenvalue weighted by molar-refractivity contribution is 0.251. The van der Waals surface area contributed by atoms with E-state index in [-0.39, 0.29) is 29.6 Å². The summed E-state index contributed by atoms with van der Waals surface area (Å²) in [6.07, 6.45) is 0. The molecule has 2 aliphatic heterocycles. The molecule has 5 nitrogen and oxygen atoms in total. The van der Waals surface area contributed by atoms with Gasteiger partial charge in [-0.15, -0.1) is 0 Å². The highest BCUT2D eigenvalue weighted by molar-refractivity contribution is 7.91. The van der Waals surface area contributed by atoms with Gasteiger partial charge in [0.2, 0.25) is 0 Å². The van der Waals surface area contributed by atoms with E-state index in [9.17, 15) is 13.2 Å². The number of carbonyl (C=O) groups excluding carboxylic acids is 1. The van der Waals surface area contributed by atoms with Crippen molar-refractivity contribution in [3.05, 3.63) is 42.5 Å². The van der Waals surface area contributed by atoms with Gasteiger partial charge in [0.15, 0.2) is 9.84 Å². The number of nitrogens with one attached hydrogen (secondary N) is 1. The number of anilines is 1. The van der Waals surface area contributed by atoms with Gasteiger partial charge in [0, 0.05) is 5.69 Å².